The zero-order chi connectivity index (χ0) is 17.9. The molecule has 0 spiro atoms. The number of hydrogen-bond acceptors (Lipinski definition) is 7. The molecule has 9 nitrogen and oxygen atoms in total. The van der Waals surface area contributed by atoms with E-state index in [0.29, 0.717) is 5.75 Å². The van der Waals surface area contributed by atoms with Crippen LogP contribution in [0.5, 0.6) is 11.5 Å². The summed E-state index contributed by atoms with van der Waals surface area (Å²) in [5, 5.41) is 10.9. The molecule has 0 unspecified atom stereocenters. The molecular weight excluding hydrogens is 338 g/mol. The lowest BCUT2D eigenvalue weighted by molar-refractivity contribution is -0.383. The highest BCUT2D eigenvalue weighted by molar-refractivity contribution is 7.92. The molecule has 0 bridgehead atoms. The Bertz CT molecular complexity index is 882. The second kappa shape index (κ2) is 6.62. The molecule has 0 aliphatic carbocycles. The van der Waals surface area contributed by atoms with Gasteiger partial charge in [-0.2, -0.15) is 0 Å². The minimum absolute atomic E-state index is 0.0192. The first kappa shape index (κ1) is 17.3. The lowest BCUT2D eigenvalue weighted by atomic mass is 10.2. The topological polar surface area (TPSA) is 134 Å². The van der Waals surface area contributed by atoms with Crippen LogP contribution in [0.3, 0.4) is 0 Å². The molecule has 0 radical (unpaired) electrons. The third-order valence-corrected chi connectivity index (χ3v) is 4.52. The van der Waals surface area contributed by atoms with Gasteiger partial charge >= 0.3 is 0 Å². The molecule has 2 rings (SSSR count). The molecule has 0 amide bonds. The Hall–Kier alpha value is -3.01. The van der Waals surface area contributed by atoms with Crippen molar-refractivity contribution in [3.63, 3.8) is 0 Å². The quantitative estimate of drug-likeness (QED) is 0.461. The van der Waals surface area contributed by atoms with Crippen LogP contribution in [0.1, 0.15) is 0 Å². The van der Waals surface area contributed by atoms with Gasteiger partial charge in [0.15, 0.2) is 11.5 Å². The molecule has 0 saturated heterocycles. The van der Waals surface area contributed by atoms with Crippen molar-refractivity contribution in [3.05, 3.63) is 46.5 Å². The second-order valence-electron chi connectivity index (χ2n) is 4.65. The van der Waals surface area contributed by atoms with Crippen molar-refractivity contribution < 1.29 is 22.8 Å². The van der Waals surface area contributed by atoms with E-state index in [4.69, 9.17) is 15.2 Å². The van der Waals surface area contributed by atoms with E-state index in [1.54, 1.807) is 0 Å². The van der Waals surface area contributed by atoms with Crippen molar-refractivity contribution >= 4 is 27.1 Å². The summed E-state index contributed by atoms with van der Waals surface area (Å²) in [6.45, 7) is 0. The summed E-state index contributed by atoms with van der Waals surface area (Å²) < 4.78 is 37.2. The standard InChI is InChI=1S/C14H15N3O6S/c1-22-13-6-4-10(8-14(13)23-2)24(20,21)16-9-3-5-11(15)12(7-9)17(18)19/h3-8,16H,15H2,1-2H3. The van der Waals surface area contributed by atoms with Gasteiger partial charge in [-0.1, -0.05) is 0 Å². The number of nitro groups is 1. The van der Waals surface area contributed by atoms with Crippen LogP contribution in [-0.4, -0.2) is 27.6 Å². The third-order valence-electron chi connectivity index (χ3n) is 3.14. The maximum Gasteiger partial charge on any atom is 0.294 e. The van der Waals surface area contributed by atoms with Crippen molar-refractivity contribution in [3.8, 4) is 11.5 Å². The molecule has 0 aromatic heterocycles. The van der Waals surface area contributed by atoms with E-state index in [9.17, 15) is 18.5 Å². The van der Waals surface area contributed by atoms with Crippen LogP contribution in [0.2, 0.25) is 0 Å². The van der Waals surface area contributed by atoms with Crippen LogP contribution in [0.4, 0.5) is 17.1 Å². The Kier molecular flexibility index (Phi) is 4.79. The van der Waals surface area contributed by atoms with E-state index in [0.717, 1.165) is 6.07 Å². The van der Waals surface area contributed by atoms with Gasteiger partial charge in [-0.3, -0.25) is 14.8 Å². The smallest absolute Gasteiger partial charge is 0.294 e. The molecule has 10 heteroatoms. The zero-order valence-corrected chi connectivity index (χ0v) is 13.7. The number of ether oxygens (including phenoxy) is 2. The van der Waals surface area contributed by atoms with Crippen molar-refractivity contribution in [1.29, 1.82) is 0 Å². The number of nitrogens with one attached hydrogen (secondary N) is 1. The highest BCUT2D eigenvalue weighted by atomic mass is 32.2. The molecule has 0 aliphatic rings. The Morgan fingerprint density at radius 1 is 1.08 bits per heavy atom. The van der Waals surface area contributed by atoms with Crippen molar-refractivity contribution in [2.75, 3.05) is 24.7 Å². The van der Waals surface area contributed by atoms with E-state index < -0.39 is 14.9 Å². The largest absolute Gasteiger partial charge is 0.493 e. The summed E-state index contributed by atoms with van der Waals surface area (Å²) in [5.74, 6) is 0.614. The SMILES string of the molecule is COc1ccc(S(=O)(=O)Nc2ccc(N)c([N+](=O)[O-])c2)cc1OC. The Balaban J connectivity index is 2.38. The minimum atomic E-state index is -3.98. The number of nitrogens with two attached hydrogens (primary N) is 1. The first-order chi connectivity index (χ1) is 11.3. The number of nitrogen functional groups attached to an aromatic ring is 1. The van der Waals surface area contributed by atoms with E-state index in [1.165, 1.54) is 44.6 Å². The van der Waals surface area contributed by atoms with Gasteiger partial charge in [0.25, 0.3) is 15.7 Å². The van der Waals surface area contributed by atoms with Gasteiger partial charge in [0, 0.05) is 12.1 Å². The van der Waals surface area contributed by atoms with E-state index in [2.05, 4.69) is 4.72 Å². The number of anilines is 2. The van der Waals surface area contributed by atoms with Gasteiger partial charge in [-0.05, 0) is 24.3 Å². The Morgan fingerprint density at radius 3 is 2.33 bits per heavy atom. The average Bonchev–Trinajstić information content (AvgIpc) is 2.55. The van der Waals surface area contributed by atoms with Gasteiger partial charge in [-0.25, -0.2) is 8.42 Å². The fourth-order valence-corrected chi connectivity index (χ4v) is 3.03. The summed E-state index contributed by atoms with van der Waals surface area (Å²) in [5.41, 5.74) is 5.06. The molecule has 2 aromatic rings. The van der Waals surface area contributed by atoms with Gasteiger partial charge in [-0.15, -0.1) is 0 Å². The van der Waals surface area contributed by atoms with Crippen LogP contribution in [0.25, 0.3) is 0 Å². The van der Waals surface area contributed by atoms with Crippen LogP contribution < -0.4 is 19.9 Å². The summed E-state index contributed by atoms with van der Waals surface area (Å²) in [6.07, 6.45) is 0. The molecule has 0 saturated carbocycles. The zero-order valence-electron chi connectivity index (χ0n) is 12.8. The second-order valence-corrected chi connectivity index (χ2v) is 6.34. The number of rotatable bonds is 6. The summed E-state index contributed by atoms with van der Waals surface area (Å²) >= 11 is 0. The number of sulfonamides is 1. The minimum Gasteiger partial charge on any atom is -0.493 e. The maximum atomic E-state index is 12.4. The van der Waals surface area contributed by atoms with Gasteiger partial charge in [0.2, 0.25) is 0 Å². The lowest BCUT2D eigenvalue weighted by Crippen LogP contribution is -2.13. The summed E-state index contributed by atoms with van der Waals surface area (Å²) in [4.78, 5) is 10.1. The lowest BCUT2D eigenvalue weighted by Gasteiger charge is -2.12. The molecule has 0 fully saturated rings. The fourth-order valence-electron chi connectivity index (χ4n) is 1.96. The number of nitro benzene ring substituents is 1. The summed E-state index contributed by atoms with van der Waals surface area (Å²) in [7, 11) is -1.17. The van der Waals surface area contributed by atoms with Crippen molar-refractivity contribution in [1.82, 2.24) is 0 Å². The van der Waals surface area contributed by atoms with Gasteiger partial charge in [0.05, 0.1) is 29.7 Å². The molecule has 2 aromatic carbocycles. The Labute approximate surface area is 138 Å². The predicted molar refractivity (Wildman–Crippen MR) is 87.9 cm³/mol. The first-order valence-corrected chi connectivity index (χ1v) is 8.05. The molecule has 0 heterocycles. The monoisotopic (exact) mass is 353 g/mol. The molecule has 0 atom stereocenters. The van der Waals surface area contributed by atoms with Crippen LogP contribution >= 0.6 is 0 Å². The highest BCUT2D eigenvalue weighted by Crippen LogP contribution is 2.31. The number of hydrogen-bond donors (Lipinski definition) is 2. The maximum absolute atomic E-state index is 12.4. The Morgan fingerprint density at radius 2 is 1.75 bits per heavy atom. The van der Waals surface area contributed by atoms with Crippen molar-refractivity contribution in [2.24, 2.45) is 0 Å². The molecule has 0 aliphatic heterocycles. The number of methoxy groups -OCH3 is 2. The fraction of sp³-hybridized carbons (Fsp3) is 0.143. The highest BCUT2D eigenvalue weighted by Gasteiger charge is 2.19. The van der Waals surface area contributed by atoms with E-state index in [1.807, 2.05) is 0 Å². The predicted octanol–water partition coefficient (Wildman–Crippen LogP) is 1.99. The third kappa shape index (κ3) is 3.49. The van der Waals surface area contributed by atoms with E-state index in [-0.39, 0.29) is 27.7 Å². The first-order valence-electron chi connectivity index (χ1n) is 6.57. The van der Waals surface area contributed by atoms with E-state index >= 15 is 0 Å². The molecule has 128 valence electrons. The molecule has 24 heavy (non-hydrogen) atoms. The number of benzene rings is 2. The van der Waals surface area contributed by atoms with Crippen molar-refractivity contribution in [2.45, 2.75) is 4.90 Å². The normalized spacial score (nSPS) is 10.9. The molecular formula is C14H15N3O6S. The van der Waals surface area contributed by atoms with Crippen LogP contribution in [0.15, 0.2) is 41.3 Å². The molecule has 3 N–H and O–H groups in total. The van der Waals surface area contributed by atoms with Gasteiger partial charge in [0.1, 0.15) is 5.69 Å². The van der Waals surface area contributed by atoms with Gasteiger partial charge < -0.3 is 15.2 Å². The summed E-state index contributed by atoms with van der Waals surface area (Å²) in [6, 6.07) is 7.69. The van der Waals surface area contributed by atoms with Crippen LogP contribution in [0, 0.1) is 10.1 Å². The average molecular weight is 353 g/mol. The number of nitrogens with zero attached hydrogens (tertiary/aromatic N) is 1. The van der Waals surface area contributed by atoms with Crippen LogP contribution in [-0.2, 0) is 10.0 Å².